The van der Waals surface area contributed by atoms with E-state index in [1.807, 2.05) is 31.2 Å². The van der Waals surface area contributed by atoms with Crippen LogP contribution in [0.3, 0.4) is 0 Å². The summed E-state index contributed by atoms with van der Waals surface area (Å²) < 4.78 is 27.3. The van der Waals surface area contributed by atoms with Crippen molar-refractivity contribution in [2.75, 3.05) is 20.1 Å². The fourth-order valence-electron chi connectivity index (χ4n) is 3.60. The number of nitrogens with zero attached hydrogens (tertiary/aromatic N) is 2. The van der Waals surface area contributed by atoms with E-state index in [0.29, 0.717) is 24.5 Å². The van der Waals surface area contributed by atoms with Crippen LogP contribution < -0.4 is 0 Å². The van der Waals surface area contributed by atoms with Gasteiger partial charge in [-0.15, -0.1) is 0 Å². The van der Waals surface area contributed by atoms with Gasteiger partial charge in [-0.25, -0.2) is 8.42 Å². The number of sulfonamides is 1. The Bertz CT molecular complexity index is 989. The van der Waals surface area contributed by atoms with E-state index in [1.165, 1.54) is 6.08 Å². The van der Waals surface area contributed by atoms with E-state index < -0.39 is 10.0 Å². The molecular formula is C24H30N2O3S. The van der Waals surface area contributed by atoms with E-state index in [0.717, 1.165) is 42.4 Å². The van der Waals surface area contributed by atoms with Crippen molar-refractivity contribution in [2.24, 2.45) is 0 Å². The van der Waals surface area contributed by atoms with Gasteiger partial charge in [0.15, 0.2) is 0 Å². The molecule has 5 nitrogen and oxygen atoms in total. The second kappa shape index (κ2) is 10.0. The maximum atomic E-state index is 12.9. The Labute approximate surface area is 180 Å². The van der Waals surface area contributed by atoms with Crippen molar-refractivity contribution in [1.29, 1.82) is 0 Å². The minimum Gasteiger partial charge on any atom is -0.338 e. The van der Waals surface area contributed by atoms with Gasteiger partial charge < -0.3 is 4.90 Å². The SMILES string of the molecule is Cc1ccccc1CN(C)C(=O)/C=C/c1ccc(S(=O)(=O)N2CCCCCC2)cc1. The molecule has 0 saturated carbocycles. The zero-order valence-electron chi connectivity index (χ0n) is 17.8. The fraction of sp³-hybridized carbons (Fsp3) is 0.375. The Kier molecular flexibility index (Phi) is 7.45. The number of amides is 1. The molecule has 2 aromatic rings. The Morgan fingerprint density at radius 3 is 2.27 bits per heavy atom. The lowest BCUT2D eigenvalue weighted by Gasteiger charge is -2.20. The van der Waals surface area contributed by atoms with Gasteiger partial charge in [0, 0.05) is 32.8 Å². The smallest absolute Gasteiger partial charge is 0.246 e. The molecule has 160 valence electrons. The van der Waals surface area contributed by atoms with Gasteiger partial charge >= 0.3 is 0 Å². The first-order chi connectivity index (χ1) is 14.4. The molecule has 0 unspecified atom stereocenters. The van der Waals surface area contributed by atoms with Crippen LogP contribution in [0.5, 0.6) is 0 Å². The Morgan fingerprint density at radius 1 is 1.00 bits per heavy atom. The second-order valence-electron chi connectivity index (χ2n) is 7.84. The van der Waals surface area contributed by atoms with Gasteiger partial charge in [-0.3, -0.25) is 4.79 Å². The van der Waals surface area contributed by atoms with Crippen LogP contribution in [0.25, 0.3) is 6.08 Å². The molecule has 6 heteroatoms. The monoisotopic (exact) mass is 426 g/mol. The number of carbonyl (C=O) groups excluding carboxylic acids is 1. The molecule has 2 aromatic carbocycles. The highest BCUT2D eigenvalue weighted by molar-refractivity contribution is 7.89. The van der Waals surface area contributed by atoms with Crippen molar-refractivity contribution in [3.63, 3.8) is 0 Å². The topological polar surface area (TPSA) is 57.7 Å². The summed E-state index contributed by atoms with van der Waals surface area (Å²) in [5.74, 6) is -0.0977. The lowest BCUT2D eigenvalue weighted by atomic mass is 10.1. The molecule has 0 bridgehead atoms. The van der Waals surface area contributed by atoms with Crippen LogP contribution in [0.1, 0.15) is 42.4 Å². The van der Waals surface area contributed by atoms with Crippen LogP contribution in [0.2, 0.25) is 0 Å². The zero-order chi connectivity index (χ0) is 21.6. The molecule has 1 saturated heterocycles. The fourth-order valence-corrected chi connectivity index (χ4v) is 5.11. The number of rotatable bonds is 6. The number of hydrogen-bond acceptors (Lipinski definition) is 3. The van der Waals surface area contributed by atoms with Crippen LogP contribution >= 0.6 is 0 Å². The molecule has 1 aliphatic rings. The summed E-state index contributed by atoms with van der Waals surface area (Å²) in [4.78, 5) is 14.4. The Morgan fingerprint density at radius 2 is 1.63 bits per heavy atom. The molecule has 1 amide bonds. The van der Waals surface area contributed by atoms with Crippen molar-refractivity contribution >= 4 is 22.0 Å². The maximum Gasteiger partial charge on any atom is 0.246 e. The van der Waals surface area contributed by atoms with Crippen LogP contribution in [0.4, 0.5) is 0 Å². The molecule has 1 fully saturated rings. The van der Waals surface area contributed by atoms with Gasteiger partial charge in [0.05, 0.1) is 4.90 Å². The number of carbonyl (C=O) groups is 1. The third-order valence-electron chi connectivity index (χ3n) is 5.55. The summed E-state index contributed by atoms with van der Waals surface area (Å²) in [6.07, 6.45) is 7.25. The first kappa shape index (κ1) is 22.2. The van der Waals surface area contributed by atoms with Crippen LogP contribution in [-0.2, 0) is 21.4 Å². The molecule has 30 heavy (non-hydrogen) atoms. The van der Waals surface area contributed by atoms with Gasteiger partial charge in [-0.1, -0.05) is 49.2 Å². The summed E-state index contributed by atoms with van der Waals surface area (Å²) in [5.41, 5.74) is 3.06. The van der Waals surface area contributed by atoms with E-state index in [2.05, 4.69) is 0 Å². The molecule has 0 radical (unpaired) electrons. The summed E-state index contributed by atoms with van der Waals surface area (Å²) in [6.45, 7) is 3.75. The molecule has 3 rings (SSSR count). The molecule has 1 aliphatic heterocycles. The largest absolute Gasteiger partial charge is 0.338 e. The number of aryl methyl sites for hydroxylation is 1. The molecule has 1 heterocycles. The summed E-state index contributed by atoms with van der Waals surface area (Å²) in [5, 5.41) is 0. The average Bonchev–Trinajstić information content (AvgIpc) is 3.04. The minimum atomic E-state index is -3.45. The molecule has 0 atom stereocenters. The summed E-state index contributed by atoms with van der Waals surface area (Å²) in [7, 11) is -1.68. The lowest BCUT2D eigenvalue weighted by molar-refractivity contribution is -0.125. The molecule has 0 aliphatic carbocycles. The lowest BCUT2D eigenvalue weighted by Crippen LogP contribution is -2.31. The average molecular weight is 427 g/mol. The summed E-state index contributed by atoms with van der Waals surface area (Å²) in [6, 6.07) is 14.8. The van der Waals surface area contributed by atoms with Crippen molar-refractivity contribution in [1.82, 2.24) is 9.21 Å². The second-order valence-corrected chi connectivity index (χ2v) is 9.78. The Hall–Kier alpha value is -2.44. The predicted octanol–water partition coefficient (Wildman–Crippen LogP) is 4.23. The molecule has 0 aromatic heterocycles. The first-order valence-corrected chi connectivity index (χ1v) is 11.9. The molecule has 0 spiro atoms. The quantitative estimate of drug-likeness (QED) is 0.650. The van der Waals surface area contributed by atoms with E-state index in [-0.39, 0.29) is 5.91 Å². The van der Waals surface area contributed by atoms with Crippen molar-refractivity contribution in [3.8, 4) is 0 Å². The standard InChI is InChI=1S/C24H30N2O3S/c1-20-9-5-6-10-22(20)19-25(2)24(27)16-13-21-11-14-23(15-12-21)30(28,29)26-17-7-3-4-8-18-26/h5-6,9-16H,3-4,7-8,17-19H2,1-2H3/b16-13+. The van der Waals surface area contributed by atoms with Gasteiger partial charge in [-0.2, -0.15) is 4.31 Å². The van der Waals surface area contributed by atoms with E-state index >= 15 is 0 Å². The predicted molar refractivity (Wildman–Crippen MR) is 120 cm³/mol. The van der Waals surface area contributed by atoms with Gasteiger partial charge in [0.25, 0.3) is 0 Å². The van der Waals surface area contributed by atoms with Crippen molar-refractivity contribution < 1.29 is 13.2 Å². The number of hydrogen-bond donors (Lipinski definition) is 0. The third-order valence-corrected chi connectivity index (χ3v) is 7.46. The van der Waals surface area contributed by atoms with E-state index in [1.54, 1.807) is 46.6 Å². The van der Waals surface area contributed by atoms with Crippen LogP contribution in [0.15, 0.2) is 59.5 Å². The van der Waals surface area contributed by atoms with Crippen molar-refractivity contribution in [2.45, 2.75) is 44.0 Å². The maximum absolute atomic E-state index is 12.9. The molecular weight excluding hydrogens is 396 g/mol. The van der Waals surface area contributed by atoms with Gasteiger partial charge in [0.1, 0.15) is 0 Å². The van der Waals surface area contributed by atoms with E-state index in [9.17, 15) is 13.2 Å². The van der Waals surface area contributed by atoms with Crippen molar-refractivity contribution in [3.05, 3.63) is 71.3 Å². The zero-order valence-corrected chi connectivity index (χ0v) is 18.6. The van der Waals surface area contributed by atoms with Crippen LogP contribution in [0, 0.1) is 6.92 Å². The Balaban J connectivity index is 1.63. The number of likely N-dealkylation sites (N-methyl/N-ethyl adjacent to an activating group) is 1. The minimum absolute atomic E-state index is 0.0977. The summed E-state index contributed by atoms with van der Waals surface area (Å²) >= 11 is 0. The highest BCUT2D eigenvalue weighted by atomic mass is 32.2. The normalized spacial score (nSPS) is 15.8. The van der Waals surface area contributed by atoms with Crippen LogP contribution in [-0.4, -0.2) is 43.7 Å². The highest BCUT2D eigenvalue weighted by Crippen LogP contribution is 2.21. The molecule has 0 N–H and O–H groups in total. The first-order valence-electron chi connectivity index (χ1n) is 10.5. The highest BCUT2D eigenvalue weighted by Gasteiger charge is 2.24. The van der Waals surface area contributed by atoms with Gasteiger partial charge in [-0.05, 0) is 54.7 Å². The van der Waals surface area contributed by atoms with Gasteiger partial charge in [0.2, 0.25) is 15.9 Å². The third kappa shape index (κ3) is 5.58. The van der Waals surface area contributed by atoms with E-state index in [4.69, 9.17) is 0 Å². The number of benzene rings is 2.